The summed E-state index contributed by atoms with van der Waals surface area (Å²) < 4.78 is 42.7. The van der Waals surface area contributed by atoms with E-state index in [0.717, 1.165) is 6.07 Å². The molecule has 1 aliphatic rings. The van der Waals surface area contributed by atoms with Gasteiger partial charge in [-0.15, -0.1) is 0 Å². The lowest BCUT2D eigenvalue weighted by Crippen LogP contribution is -2.40. The van der Waals surface area contributed by atoms with Crippen LogP contribution in [0.25, 0.3) is 0 Å². The van der Waals surface area contributed by atoms with Gasteiger partial charge in [0, 0.05) is 6.54 Å². The number of carbonyl (C=O) groups excluding carboxylic acids is 2. The Labute approximate surface area is 112 Å². The molecule has 8 heteroatoms. The fraction of sp³-hybridized carbons (Fsp3) is 0.417. The normalized spacial score (nSPS) is 18.2. The van der Waals surface area contributed by atoms with Crippen LogP contribution in [0.5, 0.6) is 0 Å². The van der Waals surface area contributed by atoms with Crippen molar-refractivity contribution in [3.05, 3.63) is 29.1 Å². The molecule has 0 fully saturated rings. The largest absolute Gasteiger partial charge is 0.465 e. The molecule has 2 rings (SSSR count). The average Bonchev–Trinajstić information content (AvgIpc) is 2.37. The van der Waals surface area contributed by atoms with Crippen molar-refractivity contribution in [1.29, 1.82) is 0 Å². The molecule has 0 saturated carbocycles. The van der Waals surface area contributed by atoms with Crippen LogP contribution >= 0.6 is 0 Å². The molecule has 0 spiro atoms. The summed E-state index contributed by atoms with van der Waals surface area (Å²) in [5.41, 5.74) is -0.960. The molecule has 1 atom stereocenters. The molecule has 1 aromatic rings. The summed E-state index contributed by atoms with van der Waals surface area (Å²) in [6, 6.07) is 2.02. The number of nitrogens with one attached hydrogen (secondary N) is 1. The van der Waals surface area contributed by atoms with Crippen LogP contribution in [0.3, 0.4) is 0 Å². The quantitative estimate of drug-likeness (QED) is 0.659. The summed E-state index contributed by atoms with van der Waals surface area (Å²) >= 11 is 0. The molecule has 1 aromatic heterocycles. The minimum absolute atomic E-state index is 0.0247. The zero-order chi connectivity index (χ0) is 14.9. The van der Waals surface area contributed by atoms with Gasteiger partial charge in [0.2, 0.25) is 5.91 Å². The van der Waals surface area contributed by atoms with Crippen LogP contribution in [0.15, 0.2) is 12.1 Å². The van der Waals surface area contributed by atoms with Gasteiger partial charge in [-0.25, -0.2) is 4.98 Å². The Hall–Kier alpha value is -2.12. The molecule has 20 heavy (non-hydrogen) atoms. The first-order valence-electron chi connectivity index (χ1n) is 5.86. The molecule has 0 saturated heterocycles. The smallest absolute Gasteiger partial charge is 0.433 e. The zero-order valence-corrected chi connectivity index (χ0v) is 10.5. The van der Waals surface area contributed by atoms with Gasteiger partial charge >= 0.3 is 12.1 Å². The number of nitrogens with zero attached hydrogens (tertiary/aromatic N) is 1. The number of esters is 1. The lowest BCUT2D eigenvalue weighted by Gasteiger charge is -2.23. The van der Waals surface area contributed by atoms with Crippen molar-refractivity contribution in [2.24, 2.45) is 0 Å². The fourth-order valence-electron chi connectivity index (χ4n) is 1.91. The highest BCUT2D eigenvalue weighted by Gasteiger charge is 2.39. The third-order valence-corrected chi connectivity index (χ3v) is 2.81. The number of amides is 1. The zero-order valence-electron chi connectivity index (χ0n) is 10.5. The molecule has 0 unspecified atom stereocenters. The van der Waals surface area contributed by atoms with E-state index in [1.807, 2.05) is 0 Å². The second-order valence-corrected chi connectivity index (χ2v) is 4.14. The highest BCUT2D eigenvalue weighted by atomic mass is 19.4. The van der Waals surface area contributed by atoms with Gasteiger partial charge in [-0.1, -0.05) is 6.07 Å². The highest BCUT2D eigenvalue weighted by Crippen LogP contribution is 2.31. The minimum Gasteiger partial charge on any atom is -0.465 e. The maximum absolute atomic E-state index is 12.7. The van der Waals surface area contributed by atoms with Crippen molar-refractivity contribution in [3.63, 3.8) is 0 Å². The number of hydrogen-bond donors (Lipinski definition) is 1. The maximum Gasteiger partial charge on any atom is 0.433 e. The van der Waals surface area contributed by atoms with Crippen LogP contribution in [0, 0.1) is 0 Å². The first kappa shape index (κ1) is 14.3. The Bertz CT molecular complexity index is 557. The van der Waals surface area contributed by atoms with E-state index in [-0.39, 0.29) is 18.8 Å². The molecule has 108 valence electrons. The predicted molar refractivity (Wildman–Crippen MR) is 60.5 cm³/mol. The number of aromatic nitrogens is 1. The van der Waals surface area contributed by atoms with Gasteiger partial charge in [0.05, 0.1) is 12.3 Å². The van der Waals surface area contributed by atoms with E-state index in [1.165, 1.54) is 6.07 Å². The van der Waals surface area contributed by atoms with Gasteiger partial charge in [0.15, 0.2) is 5.92 Å². The Morgan fingerprint density at radius 3 is 2.80 bits per heavy atom. The molecular formula is C12H11F3N2O3. The summed E-state index contributed by atoms with van der Waals surface area (Å²) in [4.78, 5) is 26.9. The van der Waals surface area contributed by atoms with Gasteiger partial charge in [-0.05, 0) is 18.6 Å². The van der Waals surface area contributed by atoms with Crippen LogP contribution in [0.1, 0.15) is 29.8 Å². The second kappa shape index (κ2) is 5.10. The summed E-state index contributed by atoms with van der Waals surface area (Å²) in [6.07, 6.45) is -4.64. The fourth-order valence-corrected chi connectivity index (χ4v) is 1.91. The predicted octanol–water partition coefficient (Wildman–Crippen LogP) is 1.38. The molecule has 0 aromatic carbocycles. The van der Waals surface area contributed by atoms with E-state index < -0.39 is 29.7 Å². The van der Waals surface area contributed by atoms with E-state index in [1.54, 1.807) is 6.92 Å². The summed E-state index contributed by atoms with van der Waals surface area (Å²) in [7, 11) is 0. The molecule has 0 bridgehead atoms. The molecular weight excluding hydrogens is 277 g/mol. The van der Waals surface area contributed by atoms with E-state index >= 15 is 0 Å². The third-order valence-electron chi connectivity index (χ3n) is 2.81. The Kier molecular flexibility index (Phi) is 3.65. The maximum atomic E-state index is 12.7. The molecule has 1 aliphatic heterocycles. The first-order valence-corrected chi connectivity index (χ1v) is 5.86. The Morgan fingerprint density at radius 2 is 2.20 bits per heavy atom. The average molecular weight is 288 g/mol. The van der Waals surface area contributed by atoms with Crippen molar-refractivity contribution in [1.82, 2.24) is 10.3 Å². The van der Waals surface area contributed by atoms with Gasteiger partial charge in [0.1, 0.15) is 5.69 Å². The van der Waals surface area contributed by atoms with Crippen LogP contribution in [0.2, 0.25) is 0 Å². The number of ether oxygens (including phenoxy) is 1. The monoisotopic (exact) mass is 288 g/mol. The highest BCUT2D eigenvalue weighted by molar-refractivity contribution is 6.04. The van der Waals surface area contributed by atoms with Crippen molar-refractivity contribution >= 4 is 11.9 Å². The van der Waals surface area contributed by atoms with Gasteiger partial charge in [-0.3, -0.25) is 9.59 Å². The van der Waals surface area contributed by atoms with Crippen LogP contribution in [-0.4, -0.2) is 23.5 Å². The lowest BCUT2D eigenvalue weighted by molar-refractivity contribution is -0.150. The number of alkyl halides is 3. The van der Waals surface area contributed by atoms with Crippen molar-refractivity contribution in [2.45, 2.75) is 25.6 Å². The van der Waals surface area contributed by atoms with Gasteiger partial charge < -0.3 is 10.1 Å². The molecule has 1 amide bonds. The molecule has 0 aliphatic carbocycles. The van der Waals surface area contributed by atoms with E-state index in [9.17, 15) is 22.8 Å². The number of halogens is 3. The number of pyridine rings is 1. The van der Waals surface area contributed by atoms with Crippen LogP contribution < -0.4 is 5.32 Å². The summed E-state index contributed by atoms with van der Waals surface area (Å²) in [5.74, 6) is -3.07. The number of hydrogen-bond acceptors (Lipinski definition) is 4. The standard InChI is InChI=1S/C12H11F3N2O3/c1-2-20-11(19)8-9-6(5-16-10(8)18)3-4-7(17-9)12(13,14)15/h3-4,8H,2,5H2,1H3,(H,16,18)/t8-/m0/s1. The molecule has 2 heterocycles. The molecule has 5 nitrogen and oxygen atoms in total. The Balaban J connectivity index is 2.48. The summed E-state index contributed by atoms with van der Waals surface area (Å²) in [5, 5.41) is 2.42. The first-order chi connectivity index (χ1) is 9.34. The molecule has 0 radical (unpaired) electrons. The molecule has 1 N–H and O–H groups in total. The van der Waals surface area contributed by atoms with Crippen LogP contribution in [0.4, 0.5) is 13.2 Å². The van der Waals surface area contributed by atoms with Gasteiger partial charge in [-0.2, -0.15) is 13.2 Å². The van der Waals surface area contributed by atoms with Crippen molar-refractivity contribution < 1.29 is 27.5 Å². The number of carbonyl (C=O) groups is 2. The van der Waals surface area contributed by atoms with Gasteiger partial charge in [0.25, 0.3) is 0 Å². The SMILES string of the molecule is CCOC(=O)[C@@H]1C(=O)NCc2ccc(C(F)(F)F)nc21. The third kappa shape index (κ3) is 2.59. The Morgan fingerprint density at radius 1 is 1.50 bits per heavy atom. The summed E-state index contributed by atoms with van der Waals surface area (Å²) in [6.45, 7) is 1.60. The van der Waals surface area contributed by atoms with Crippen molar-refractivity contribution in [2.75, 3.05) is 6.61 Å². The van der Waals surface area contributed by atoms with E-state index in [2.05, 4.69) is 10.3 Å². The van der Waals surface area contributed by atoms with Crippen LogP contribution in [-0.2, 0) is 27.0 Å². The van der Waals surface area contributed by atoms with Crippen molar-refractivity contribution in [3.8, 4) is 0 Å². The number of fused-ring (bicyclic) bond motifs is 1. The lowest BCUT2D eigenvalue weighted by atomic mass is 9.95. The van der Waals surface area contributed by atoms with E-state index in [4.69, 9.17) is 4.74 Å². The minimum atomic E-state index is -4.64. The second-order valence-electron chi connectivity index (χ2n) is 4.14. The van der Waals surface area contributed by atoms with E-state index in [0.29, 0.717) is 5.56 Å². The number of rotatable bonds is 2. The topological polar surface area (TPSA) is 68.3 Å².